The Hall–Kier alpha value is -1.60. The number of hydrogen-bond acceptors (Lipinski definition) is 3. The van der Waals surface area contributed by atoms with Crippen LogP contribution in [0.5, 0.6) is 0 Å². The summed E-state index contributed by atoms with van der Waals surface area (Å²) in [6.07, 6.45) is 4.56. The summed E-state index contributed by atoms with van der Waals surface area (Å²) >= 11 is 0. The Bertz CT molecular complexity index is 592. The predicted molar refractivity (Wildman–Crippen MR) is 83.4 cm³/mol. The average Bonchev–Trinajstić information content (AvgIpc) is 2.36. The lowest BCUT2D eigenvalue weighted by atomic mass is 9.86. The number of hydrogen-bond donors (Lipinski definition) is 3. The van der Waals surface area contributed by atoms with E-state index < -0.39 is 10.0 Å². The van der Waals surface area contributed by atoms with Crippen LogP contribution in [0.4, 0.5) is 0 Å². The van der Waals surface area contributed by atoms with Crippen LogP contribution in [0.1, 0.15) is 24.8 Å². The molecular formula is C14H22N4O2S. The van der Waals surface area contributed by atoms with E-state index in [2.05, 4.69) is 10.3 Å². The fourth-order valence-electron chi connectivity index (χ4n) is 2.14. The summed E-state index contributed by atoms with van der Waals surface area (Å²) in [5.74, 6) is 1.18. The standard InChI is InChI=1S/C14H22N4O2S/c15-14(18-10-12-2-1-3-12)17-9-8-11-4-6-13(7-5-11)21(16,19)20/h4-7,12H,1-3,8-10H2,(H3,15,17,18)(H2,16,19,20). The molecule has 1 aliphatic rings. The van der Waals surface area contributed by atoms with Gasteiger partial charge in [0.25, 0.3) is 0 Å². The van der Waals surface area contributed by atoms with Crippen LogP contribution in [0.3, 0.4) is 0 Å². The van der Waals surface area contributed by atoms with Crippen LogP contribution in [0.2, 0.25) is 0 Å². The van der Waals surface area contributed by atoms with Gasteiger partial charge in [0.2, 0.25) is 10.0 Å². The van der Waals surface area contributed by atoms with E-state index in [0.29, 0.717) is 18.4 Å². The number of primary sulfonamides is 1. The Morgan fingerprint density at radius 2 is 1.95 bits per heavy atom. The summed E-state index contributed by atoms with van der Waals surface area (Å²) in [5.41, 5.74) is 6.80. The van der Waals surface area contributed by atoms with E-state index in [4.69, 9.17) is 10.9 Å². The SMILES string of the molecule is NC(=NCC1CCC1)NCCc1ccc(S(N)(=O)=O)cc1. The van der Waals surface area contributed by atoms with Gasteiger partial charge in [-0.1, -0.05) is 18.6 Å². The van der Waals surface area contributed by atoms with Gasteiger partial charge in [0, 0.05) is 13.1 Å². The fraction of sp³-hybridized carbons (Fsp3) is 0.500. The molecule has 5 N–H and O–H groups in total. The van der Waals surface area contributed by atoms with Gasteiger partial charge in [0.05, 0.1) is 4.90 Å². The van der Waals surface area contributed by atoms with E-state index in [1.165, 1.54) is 31.4 Å². The minimum atomic E-state index is -3.62. The number of nitrogens with one attached hydrogen (secondary N) is 1. The van der Waals surface area contributed by atoms with Gasteiger partial charge in [-0.05, 0) is 42.9 Å². The van der Waals surface area contributed by atoms with E-state index in [-0.39, 0.29) is 4.90 Å². The minimum absolute atomic E-state index is 0.126. The van der Waals surface area contributed by atoms with E-state index in [1.807, 2.05) is 0 Å². The van der Waals surface area contributed by atoms with Crippen molar-refractivity contribution in [2.24, 2.45) is 21.8 Å². The first kappa shape index (κ1) is 15.8. The van der Waals surface area contributed by atoms with Gasteiger partial charge in [-0.2, -0.15) is 0 Å². The van der Waals surface area contributed by atoms with E-state index >= 15 is 0 Å². The molecule has 7 heteroatoms. The third-order valence-electron chi connectivity index (χ3n) is 3.72. The first-order chi connectivity index (χ1) is 9.95. The van der Waals surface area contributed by atoms with Crippen LogP contribution in [0, 0.1) is 5.92 Å². The molecule has 0 aromatic heterocycles. The van der Waals surface area contributed by atoms with E-state index in [0.717, 1.165) is 18.5 Å². The van der Waals surface area contributed by atoms with Crippen molar-refractivity contribution in [2.75, 3.05) is 13.1 Å². The third kappa shape index (κ3) is 5.02. The van der Waals surface area contributed by atoms with Crippen molar-refractivity contribution in [2.45, 2.75) is 30.6 Å². The number of nitrogens with two attached hydrogens (primary N) is 2. The molecule has 116 valence electrons. The molecule has 2 rings (SSSR count). The van der Waals surface area contributed by atoms with Gasteiger partial charge >= 0.3 is 0 Å². The van der Waals surface area contributed by atoms with Crippen LogP contribution in [0.25, 0.3) is 0 Å². The fourth-order valence-corrected chi connectivity index (χ4v) is 2.65. The molecule has 0 heterocycles. The molecule has 1 saturated carbocycles. The van der Waals surface area contributed by atoms with Crippen LogP contribution < -0.4 is 16.2 Å². The molecule has 0 bridgehead atoms. The lowest BCUT2D eigenvalue weighted by Crippen LogP contribution is -2.34. The Kier molecular flexibility index (Phi) is 5.19. The molecule has 0 saturated heterocycles. The highest BCUT2D eigenvalue weighted by atomic mass is 32.2. The molecule has 0 amide bonds. The summed E-state index contributed by atoms with van der Waals surface area (Å²) < 4.78 is 22.3. The second-order valence-corrected chi connectivity index (χ2v) is 6.95. The summed E-state index contributed by atoms with van der Waals surface area (Å²) in [5, 5.41) is 8.11. The number of nitrogens with zero attached hydrogens (tertiary/aromatic N) is 1. The molecule has 1 fully saturated rings. The summed E-state index contributed by atoms with van der Waals surface area (Å²) in [4.78, 5) is 4.44. The van der Waals surface area contributed by atoms with E-state index in [9.17, 15) is 8.42 Å². The first-order valence-electron chi connectivity index (χ1n) is 7.10. The molecule has 0 radical (unpaired) electrons. The number of guanidine groups is 1. The second-order valence-electron chi connectivity index (χ2n) is 5.39. The van der Waals surface area contributed by atoms with Gasteiger partial charge in [-0.3, -0.25) is 4.99 Å². The Balaban J connectivity index is 1.75. The highest BCUT2D eigenvalue weighted by Gasteiger charge is 2.16. The maximum absolute atomic E-state index is 11.1. The minimum Gasteiger partial charge on any atom is -0.370 e. The molecule has 6 nitrogen and oxygen atoms in total. The number of sulfonamides is 1. The maximum atomic E-state index is 11.1. The van der Waals surface area contributed by atoms with Gasteiger partial charge in [-0.15, -0.1) is 0 Å². The number of aliphatic imine (C=N–C) groups is 1. The smallest absolute Gasteiger partial charge is 0.238 e. The van der Waals surface area contributed by atoms with Crippen LogP contribution >= 0.6 is 0 Å². The van der Waals surface area contributed by atoms with Crippen molar-refractivity contribution in [1.82, 2.24) is 5.32 Å². The third-order valence-corrected chi connectivity index (χ3v) is 4.65. The average molecular weight is 310 g/mol. The Morgan fingerprint density at radius 3 is 2.48 bits per heavy atom. The van der Waals surface area contributed by atoms with Crippen molar-refractivity contribution >= 4 is 16.0 Å². The molecule has 1 aliphatic carbocycles. The zero-order valence-electron chi connectivity index (χ0n) is 12.0. The molecule has 0 atom stereocenters. The lowest BCUT2D eigenvalue weighted by molar-refractivity contribution is 0.326. The van der Waals surface area contributed by atoms with Crippen molar-refractivity contribution in [1.29, 1.82) is 0 Å². The number of rotatable bonds is 6. The lowest BCUT2D eigenvalue weighted by Gasteiger charge is -2.23. The monoisotopic (exact) mass is 310 g/mol. The largest absolute Gasteiger partial charge is 0.370 e. The zero-order valence-corrected chi connectivity index (χ0v) is 12.8. The molecule has 21 heavy (non-hydrogen) atoms. The van der Waals surface area contributed by atoms with Gasteiger partial charge in [0.1, 0.15) is 0 Å². The highest BCUT2D eigenvalue weighted by Crippen LogP contribution is 2.26. The summed E-state index contributed by atoms with van der Waals surface area (Å²) in [6.45, 7) is 1.47. The number of benzene rings is 1. The topological polar surface area (TPSA) is 111 Å². The van der Waals surface area contributed by atoms with Gasteiger partial charge < -0.3 is 11.1 Å². The maximum Gasteiger partial charge on any atom is 0.238 e. The van der Waals surface area contributed by atoms with Crippen LogP contribution in [0.15, 0.2) is 34.2 Å². The first-order valence-corrected chi connectivity index (χ1v) is 8.65. The highest BCUT2D eigenvalue weighted by molar-refractivity contribution is 7.89. The van der Waals surface area contributed by atoms with Crippen molar-refractivity contribution < 1.29 is 8.42 Å². The molecule has 1 aromatic carbocycles. The summed E-state index contributed by atoms with van der Waals surface area (Å²) in [7, 11) is -3.62. The van der Waals surface area contributed by atoms with Crippen LogP contribution in [-0.2, 0) is 16.4 Å². The Labute approximate surface area is 125 Å². The predicted octanol–water partition coefficient (Wildman–Crippen LogP) is 0.581. The van der Waals surface area contributed by atoms with E-state index in [1.54, 1.807) is 12.1 Å². The molecule has 0 aliphatic heterocycles. The quantitative estimate of drug-likeness (QED) is 0.527. The van der Waals surface area contributed by atoms with Crippen molar-refractivity contribution in [3.8, 4) is 0 Å². The zero-order chi connectivity index (χ0) is 15.3. The molecule has 0 unspecified atom stereocenters. The second kappa shape index (κ2) is 6.91. The summed E-state index contributed by atoms with van der Waals surface area (Å²) in [6, 6.07) is 6.53. The van der Waals surface area contributed by atoms with Gasteiger partial charge in [-0.25, -0.2) is 13.6 Å². The van der Waals surface area contributed by atoms with Crippen molar-refractivity contribution in [3.05, 3.63) is 29.8 Å². The molecular weight excluding hydrogens is 288 g/mol. The Morgan fingerprint density at radius 1 is 1.29 bits per heavy atom. The normalized spacial score (nSPS) is 16.5. The van der Waals surface area contributed by atoms with Crippen LogP contribution in [-0.4, -0.2) is 27.5 Å². The van der Waals surface area contributed by atoms with Crippen molar-refractivity contribution in [3.63, 3.8) is 0 Å². The van der Waals surface area contributed by atoms with Gasteiger partial charge in [0.15, 0.2) is 5.96 Å². The molecule has 1 aromatic rings. The molecule has 0 spiro atoms.